The SMILES string of the molecule is O=C(CCc1nc(Cc2ccccc2)no1)Nc1cccc(-n2cnnn2)c1. The number of aryl methyl sites for hydroxylation is 1. The Labute approximate surface area is 160 Å². The Hall–Kier alpha value is -3.88. The Morgan fingerprint density at radius 3 is 2.82 bits per heavy atom. The number of amides is 1. The average molecular weight is 375 g/mol. The summed E-state index contributed by atoms with van der Waals surface area (Å²) in [5.41, 5.74) is 2.52. The highest BCUT2D eigenvalue weighted by Gasteiger charge is 2.10. The number of nitrogens with zero attached hydrogens (tertiary/aromatic N) is 6. The van der Waals surface area contributed by atoms with Gasteiger partial charge in [0.25, 0.3) is 0 Å². The molecule has 1 N–H and O–H groups in total. The zero-order chi connectivity index (χ0) is 19.2. The number of carbonyl (C=O) groups excluding carboxylic acids is 1. The Bertz CT molecular complexity index is 1050. The fraction of sp³-hybridized carbons (Fsp3) is 0.158. The lowest BCUT2D eigenvalue weighted by molar-refractivity contribution is -0.116. The van der Waals surface area contributed by atoms with Gasteiger partial charge in [-0.25, -0.2) is 4.68 Å². The van der Waals surface area contributed by atoms with Crippen LogP contribution in [0.25, 0.3) is 5.69 Å². The molecule has 0 aliphatic rings. The molecule has 0 atom stereocenters. The summed E-state index contributed by atoms with van der Waals surface area (Å²) in [6.07, 6.45) is 2.70. The molecule has 9 nitrogen and oxygen atoms in total. The molecule has 0 saturated heterocycles. The lowest BCUT2D eigenvalue weighted by atomic mass is 10.1. The molecule has 0 radical (unpaired) electrons. The van der Waals surface area contributed by atoms with Crippen LogP contribution in [-0.2, 0) is 17.6 Å². The molecule has 0 aliphatic heterocycles. The number of anilines is 1. The second kappa shape index (κ2) is 8.21. The summed E-state index contributed by atoms with van der Waals surface area (Å²) in [4.78, 5) is 16.6. The number of hydrogen-bond acceptors (Lipinski definition) is 7. The van der Waals surface area contributed by atoms with Gasteiger partial charge >= 0.3 is 0 Å². The van der Waals surface area contributed by atoms with Crippen LogP contribution in [0.15, 0.2) is 65.4 Å². The number of benzene rings is 2. The zero-order valence-corrected chi connectivity index (χ0v) is 14.9. The quantitative estimate of drug-likeness (QED) is 0.527. The standard InChI is InChI=1S/C19H17N7O2/c27-18(21-15-7-4-8-16(12-15)26-13-20-24-25-26)9-10-19-22-17(23-28-19)11-14-5-2-1-3-6-14/h1-8,12-13H,9-11H2,(H,21,27). The first kappa shape index (κ1) is 17.5. The first-order valence-electron chi connectivity index (χ1n) is 8.75. The predicted octanol–water partition coefficient (Wildman–Crippen LogP) is 2.21. The summed E-state index contributed by atoms with van der Waals surface area (Å²) in [6, 6.07) is 17.2. The molecule has 4 aromatic rings. The number of tetrazole rings is 1. The van der Waals surface area contributed by atoms with Crippen molar-refractivity contribution in [3.63, 3.8) is 0 Å². The van der Waals surface area contributed by atoms with E-state index in [1.54, 1.807) is 12.1 Å². The molecule has 9 heteroatoms. The molecule has 0 spiro atoms. The zero-order valence-electron chi connectivity index (χ0n) is 14.9. The number of nitrogens with one attached hydrogen (secondary N) is 1. The van der Waals surface area contributed by atoms with E-state index in [9.17, 15) is 4.79 Å². The molecule has 0 bridgehead atoms. The van der Waals surface area contributed by atoms with Crippen LogP contribution in [0, 0.1) is 0 Å². The Kier molecular flexibility index (Phi) is 5.14. The third-order valence-corrected chi connectivity index (χ3v) is 4.02. The predicted molar refractivity (Wildman–Crippen MR) is 99.7 cm³/mol. The third kappa shape index (κ3) is 4.44. The molecule has 2 aromatic heterocycles. The fourth-order valence-corrected chi connectivity index (χ4v) is 2.69. The summed E-state index contributed by atoms with van der Waals surface area (Å²) in [7, 11) is 0. The van der Waals surface area contributed by atoms with Gasteiger partial charge in [-0.3, -0.25) is 4.79 Å². The minimum absolute atomic E-state index is 0.142. The van der Waals surface area contributed by atoms with E-state index < -0.39 is 0 Å². The van der Waals surface area contributed by atoms with Crippen molar-refractivity contribution >= 4 is 11.6 Å². The minimum Gasteiger partial charge on any atom is -0.339 e. The van der Waals surface area contributed by atoms with Crippen molar-refractivity contribution in [3.05, 3.63) is 78.2 Å². The first-order chi connectivity index (χ1) is 13.8. The van der Waals surface area contributed by atoms with E-state index in [0.29, 0.717) is 30.2 Å². The molecule has 4 rings (SSSR count). The molecule has 140 valence electrons. The fourth-order valence-electron chi connectivity index (χ4n) is 2.69. The van der Waals surface area contributed by atoms with Gasteiger partial charge in [0.15, 0.2) is 5.82 Å². The summed E-state index contributed by atoms with van der Waals surface area (Å²) >= 11 is 0. The van der Waals surface area contributed by atoms with Crippen LogP contribution in [-0.4, -0.2) is 36.3 Å². The molecule has 0 unspecified atom stereocenters. The van der Waals surface area contributed by atoms with Gasteiger partial charge in [-0.1, -0.05) is 41.6 Å². The summed E-state index contributed by atoms with van der Waals surface area (Å²) in [5, 5.41) is 17.9. The van der Waals surface area contributed by atoms with Crippen molar-refractivity contribution in [1.29, 1.82) is 0 Å². The minimum atomic E-state index is -0.142. The van der Waals surface area contributed by atoms with E-state index in [-0.39, 0.29) is 12.3 Å². The molecule has 2 aromatic carbocycles. The summed E-state index contributed by atoms with van der Waals surface area (Å²) in [5.74, 6) is 0.913. The van der Waals surface area contributed by atoms with Crippen molar-refractivity contribution in [3.8, 4) is 5.69 Å². The van der Waals surface area contributed by atoms with E-state index in [1.165, 1.54) is 11.0 Å². The van der Waals surface area contributed by atoms with E-state index >= 15 is 0 Å². The topological polar surface area (TPSA) is 112 Å². The van der Waals surface area contributed by atoms with Crippen molar-refractivity contribution in [2.45, 2.75) is 19.3 Å². The van der Waals surface area contributed by atoms with Gasteiger partial charge in [0.05, 0.1) is 5.69 Å². The van der Waals surface area contributed by atoms with Gasteiger partial charge in [-0.15, -0.1) is 5.10 Å². The number of rotatable bonds is 7. The van der Waals surface area contributed by atoms with E-state index in [1.807, 2.05) is 42.5 Å². The summed E-state index contributed by atoms with van der Waals surface area (Å²) in [6.45, 7) is 0. The van der Waals surface area contributed by atoms with Crippen LogP contribution in [0.4, 0.5) is 5.69 Å². The molecule has 28 heavy (non-hydrogen) atoms. The lowest BCUT2D eigenvalue weighted by Crippen LogP contribution is -2.12. The van der Waals surface area contributed by atoms with Crippen LogP contribution in [0.5, 0.6) is 0 Å². The van der Waals surface area contributed by atoms with Crippen molar-refractivity contribution < 1.29 is 9.32 Å². The molecule has 0 fully saturated rings. The normalized spacial score (nSPS) is 10.7. The van der Waals surface area contributed by atoms with Crippen LogP contribution in [0.2, 0.25) is 0 Å². The van der Waals surface area contributed by atoms with Gasteiger partial charge in [0.1, 0.15) is 6.33 Å². The monoisotopic (exact) mass is 375 g/mol. The molecule has 1 amide bonds. The number of hydrogen-bond donors (Lipinski definition) is 1. The van der Waals surface area contributed by atoms with Gasteiger partial charge in [-0.2, -0.15) is 4.98 Å². The van der Waals surface area contributed by atoms with Gasteiger partial charge < -0.3 is 9.84 Å². The lowest BCUT2D eigenvalue weighted by Gasteiger charge is -2.06. The Morgan fingerprint density at radius 1 is 1.11 bits per heavy atom. The highest BCUT2D eigenvalue weighted by molar-refractivity contribution is 5.91. The van der Waals surface area contributed by atoms with Gasteiger partial charge in [-0.05, 0) is 34.2 Å². The van der Waals surface area contributed by atoms with Crippen LogP contribution < -0.4 is 5.32 Å². The van der Waals surface area contributed by atoms with Gasteiger partial charge in [0, 0.05) is 24.9 Å². The maximum Gasteiger partial charge on any atom is 0.227 e. The summed E-state index contributed by atoms with van der Waals surface area (Å²) < 4.78 is 6.76. The van der Waals surface area contributed by atoms with Crippen LogP contribution in [0.3, 0.4) is 0 Å². The first-order valence-corrected chi connectivity index (χ1v) is 8.75. The maximum atomic E-state index is 12.2. The van der Waals surface area contributed by atoms with Crippen molar-refractivity contribution in [2.24, 2.45) is 0 Å². The third-order valence-electron chi connectivity index (χ3n) is 4.02. The molecule has 0 saturated carbocycles. The van der Waals surface area contributed by atoms with Crippen LogP contribution >= 0.6 is 0 Å². The molecular weight excluding hydrogens is 358 g/mol. The Balaban J connectivity index is 1.31. The van der Waals surface area contributed by atoms with Crippen molar-refractivity contribution in [2.75, 3.05) is 5.32 Å². The van der Waals surface area contributed by atoms with Crippen LogP contribution in [0.1, 0.15) is 23.7 Å². The van der Waals surface area contributed by atoms with E-state index in [0.717, 1.165) is 11.3 Å². The smallest absolute Gasteiger partial charge is 0.227 e. The average Bonchev–Trinajstić information content (AvgIpc) is 3.40. The molecule has 2 heterocycles. The van der Waals surface area contributed by atoms with E-state index in [2.05, 4.69) is 31.0 Å². The molecule has 0 aliphatic carbocycles. The Morgan fingerprint density at radius 2 is 2.00 bits per heavy atom. The van der Waals surface area contributed by atoms with Crippen molar-refractivity contribution in [1.82, 2.24) is 30.3 Å². The highest BCUT2D eigenvalue weighted by Crippen LogP contribution is 2.14. The molecular formula is C19H17N7O2. The van der Waals surface area contributed by atoms with Gasteiger partial charge in [0.2, 0.25) is 11.8 Å². The largest absolute Gasteiger partial charge is 0.339 e. The second-order valence-electron chi connectivity index (χ2n) is 6.12. The van der Waals surface area contributed by atoms with E-state index in [4.69, 9.17) is 4.52 Å². The maximum absolute atomic E-state index is 12.2. The number of carbonyl (C=O) groups is 1. The second-order valence-corrected chi connectivity index (χ2v) is 6.12. The number of aromatic nitrogens is 6. The highest BCUT2D eigenvalue weighted by atomic mass is 16.5.